The Morgan fingerprint density at radius 3 is 2.69 bits per heavy atom. The van der Waals surface area contributed by atoms with Crippen molar-refractivity contribution in [1.82, 2.24) is 15.0 Å². The Hall–Kier alpha value is -1.08. The highest BCUT2D eigenvalue weighted by molar-refractivity contribution is 5.20. The third kappa shape index (κ3) is 2.19. The van der Waals surface area contributed by atoms with E-state index in [-0.39, 0.29) is 12.5 Å². The van der Waals surface area contributed by atoms with Gasteiger partial charge in [0.1, 0.15) is 13.2 Å². The van der Waals surface area contributed by atoms with E-state index in [4.69, 9.17) is 10.8 Å². The highest BCUT2D eigenvalue weighted by atomic mass is 19.3. The highest BCUT2D eigenvalue weighted by Gasteiger charge is 2.35. The molecule has 0 bridgehead atoms. The molecule has 16 heavy (non-hydrogen) atoms. The summed E-state index contributed by atoms with van der Waals surface area (Å²) in [6, 6.07) is 0. The standard InChI is InChI=1S/C9H14F2N4O/c10-9(11,5-16)4-15-8(6-1-2-6)7(3-12)13-14-15/h6,16H,1-5,12H2. The van der Waals surface area contributed by atoms with Crippen molar-refractivity contribution in [2.45, 2.75) is 37.8 Å². The molecule has 1 aliphatic rings. The Labute approximate surface area is 91.2 Å². The number of aliphatic hydroxyl groups is 1. The van der Waals surface area contributed by atoms with Gasteiger partial charge in [-0.05, 0) is 12.8 Å². The van der Waals surface area contributed by atoms with Gasteiger partial charge in [-0.15, -0.1) is 5.10 Å². The van der Waals surface area contributed by atoms with E-state index in [0.717, 1.165) is 12.8 Å². The van der Waals surface area contributed by atoms with Crippen LogP contribution >= 0.6 is 0 Å². The van der Waals surface area contributed by atoms with Crippen LogP contribution in [0, 0.1) is 0 Å². The normalized spacial score (nSPS) is 16.8. The summed E-state index contributed by atoms with van der Waals surface area (Å²) < 4.78 is 27.3. The minimum atomic E-state index is -3.16. The lowest BCUT2D eigenvalue weighted by Gasteiger charge is -2.14. The number of alkyl halides is 2. The van der Waals surface area contributed by atoms with E-state index in [1.54, 1.807) is 0 Å². The van der Waals surface area contributed by atoms with Gasteiger partial charge in [0.05, 0.1) is 11.4 Å². The number of rotatable bonds is 5. The molecule has 1 aromatic heterocycles. The molecule has 1 heterocycles. The van der Waals surface area contributed by atoms with E-state index in [1.807, 2.05) is 0 Å². The van der Waals surface area contributed by atoms with Gasteiger partial charge in [0.15, 0.2) is 0 Å². The Morgan fingerprint density at radius 1 is 1.50 bits per heavy atom. The maximum atomic E-state index is 13.0. The van der Waals surface area contributed by atoms with Crippen LogP contribution in [-0.4, -0.2) is 32.6 Å². The van der Waals surface area contributed by atoms with Gasteiger partial charge in [-0.25, -0.2) is 13.5 Å². The molecule has 2 rings (SSSR count). The quantitative estimate of drug-likeness (QED) is 0.762. The van der Waals surface area contributed by atoms with E-state index in [9.17, 15) is 8.78 Å². The molecule has 1 saturated carbocycles. The van der Waals surface area contributed by atoms with Crippen LogP contribution < -0.4 is 5.73 Å². The van der Waals surface area contributed by atoms with Crippen LogP contribution in [-0.2, 0) is 13.1 Å². The summed E-state index contributed by atoms with van der Waals surface area (Å²) in [4.78, 5) is 0. The summed E-state index contributed by atoms with van der Waals surface area (Å²) in [6.07, 6.45) is 1.93. The fourth-order valence-electron chi connectivity index (χ4n) is 1.69. The minimum Gasteiger partial charge on any atom is -0.390 e. The molecule has 3 N–H and O–H groups in total. The van der Waals surface area contributed by atoms with Crippen LogP contribution in [0.15, 0.2) is 0 Å². The van der Waals surface area contributed by atoms with Gasteiger partial charge >= 0.3 is 0 Å². The van der Waals surface area contributed by atoms with Gasteiger partial charge in [0, 0.05) is 12.5 Å². The number of nitrogens with two attached hydrogens (primary N) is 1. The predicted octanol–water partition coefficient (Wildman–Crippen LogP) is 0.242. The van der Waals surface area contributed by atoms with Gasteiger partial charge in [0.2, 0.25) is 0 Å². The van der Waals surface area contributed by atoms with Crippen molar-refractivity contribution < 1.29 is 13.9 Å². The van der Waals surface area contributed by atoms with Crippen LogP contribution in [0.3, 0.4) is 0 Å². The Morgan fingerprint density at radius 2 is 2.19 bits per heavy atom. The number of hydrogen-bond donors (Lipinski definition) is 2. The average molecular weight is 232 g/mol. The van der Waals surface area contributed by atoms with Crippen LogP contribution in [0.1, 0.15) is 30.1 Å². The Kier molecular flexibility index (Phi) is 2.90. The molecule has 0 atom stereocenters. The predicted molar refractivity (Wildman–Crippen MR) is 51.9 cm³/mol. The van der Waals surface area contributed by atoms with Crippen LogP contribution in [0.2, 0.25) is 0 Å². The van der Waals surface area contributed by atoms with Crippen molar-refractivity contribution in [2.24, 2.45) is 5.73 Å². The molecule has 1 aromatic rings. The van der Waals surface area contributed by atoms with E-state index in [2.05, 4.69) is 10.3 Å². The molecular formula is C9H14F2N4O. The lowest BCUT2D eigenvalue weighted by Crippen LogP contribution is -2.29. The lowest BCUT2D eigenvalue weighted by molar-refractivity contribution is -0.0660. The second kappa shape index (κ2) is 4.06. The van der Waals surface area contributed by atoms with Crippen LogP contribution in [0.4, 0.5) is 8.78 Å². The molecule has 0 aliphatic heterocycles. The fraction of sp³-hybridized carbons (Fsp3) is 0.778. The third-order valence-electron chi connectivity index (χ3n) is 2.62. The Bertz CT molecular complexity index is 376. The van der Waals surface area contributed by atoms with Gasteiger partial charge in [0.25, 0.3) is 5.92 Å². The SMILES string of the molecule is NCc1nnn(CC(F)(F)CO)c1C1CC1. The minimum absolute atomic E-state index is 0.205. The topological polar surface area (TPSA) is 77.0 Å². The van der Waals surface area contributed by atoms with E-state index >= 15 is 0 Å². The highest BCUT2D eigenvalue weighted by Crippen LogP contribution is 2.41. The maximum absolute atomic E-state index is 13.0. The Balaban J connectivity index is 2.23. The molecule has 90 valence electrons. The number of aliphatic hydroxyl groups excluding tert-OH is 1. The molecule has 7 heteroatoms. The molecule has 0 aromatic carbocycles. The van der Waals surface area contributed by atoms with Gasteiger partial charge in [-0.3, -0.25) is 0 Å². The molecule has 0 radical (unpaired) electrons. The molecule has 1 fully saturated rings. The summed E-state index contributed by atoms with van der Waals surface area (Å²) in [7, 11) is 0. The molecular weight excluding hydrogens is 218 g/mol. The monoisotopic (exact) mass is 232 g/mol. The number of nitrogens with zero attached hydrogens (tertiary/aromatic N) is 3. The van der Waals surface area contributed by atoms with Crippen molar-refractivity contribution in [2.75, 3.05) is 6.61 Å². The van der Waals surface area contributed by atoms with Crippen molar-refractivity contribution in [3.63, 3.8) is 0 Å². The van der Waals surface area contributed by atoms with Crippen molar-refractivity contribution in [3.8, 4) is 0 Å². The largest absolute Gasteiger partial charge is 0.390 e. The smallest absolute Gasteiger partial charge is 0.289 e. The van der Waals surface area contributed by atoms with E-state index in [0.29, 0.717) is 11.4 Å². The second-order valence-corrected chi connectivity index (χ2v) is 4.07. The van der Waals surface area contributed by atoms with Gasteiger partial charge in [-0.2, -0.15) is 0 Å². The van der Waals surface area contributed by atoms with Crippen LogP contribution in [0.5, 0.6) is 0 Å². The number of halogens is 2. The van der Waals surface area contributed by atoms with Crippen molar-refractivity contribution in [1.29, 1.82) is 0 Å². The van der Waals surface area contributed by atoms with E-state index in [1.165, 1.54) is 4.68 Å². The first-order chi connectivity index (χ1) is 7.57. The maximum Gasteiger partial charge on any atom is 0.289 e. The molecule has 0 unspecified atom stereocenters. The summed E-state index contributed by atoms with van der Waals surface area (Å²) >= 11 is 0. The third-order valence-corrected chi connectivity index (χ3v) is 2.62. The summed E-state index contributed by atoms with van der Waals surface area (Å²) in [6.45, 7) is -1.62. The van der Waals surface area contributed by atoms with Gasteiger partial charge < -0.3 is 10.8 Å². The first-order valence-electron chi connectivity index (χ1n) is 5.18. The van der Waals surface area contributed by atoms with E-state index < -0.39 is 19.1 Å². The zero-order chi connectivity index (χ0) is 11.8. The van der Waals surface area contributed by atoms with Crippen LogP contribution in [0.25, 0.3) is 0 Å². The second-order valence-electron chi connectivity index (χ2n) is 4.07. The zero-order valence-electron chi connectivity index (χ0n) is 8.74. The van der Waals surface area contributed by atoms with Crippen molar-refractivity contribution in [3.05, 3.63) is 11.4 Å². The zero-order valence-corrected chi connectivity index (χ0v) is 8.74. The van der Waals surface area contributed by atoms with Gasteiger partial charge in [-0.1, -0.05) is 5.21 Å². The summed E-state index contributed by atoms with van der Waals surface area (Å²) in [5.41, 5.74) is 6.76. The number of hydrogen-bond acceptors (Lipinski definition) is 4. The first kappa shape index (κ1) is 11.4. The fourth-order valence-corrected chi connectivity index (χ4v) is 1.69. The average Bonchev–Trinajstić information content (AvgIpc) is 3.01. The molecule has 0 amide bonds. The summed E-state index contributed by atoms with van der Waals surface area (Å²) in [5, 5.41) is 16.0. The van der Waals surface area contributed by atoms with Crippen molar-refractivity contribution >= 4 is 0 Å². The molecule has 0 spiro atoms. The molecule has 5 nitrogen and oxygen atoms in total. The molecule has 1 aliphatic carbocycles. The lowest BCUT2D eigenvalue weighted by atomic mass is 10.2. The molecule has 0 saturated heterocycles. The number of aromatic nitrogens is 3. The summed E-state index contributed by atoms with van der Waals surface area (Å²) in [5.74, 6) is -2.91. The first-order valence-corrected chi connectivity index (χ1v) is 5.18.